The van der Waals surface area contributed by atoms with Crippen molar-refractivity contribution in [2.75, 3.05) is 0 Å². The molecule has 4 nitrogen and oxygen atoms in total. The summed E-state index contributed by atoms with van der Waals surface area (Å²) in [4.78, 5) is 16.5. The second-order valence-electron chi connectivity index (χ2n) is 5.80. The smallest absolute Gasteiger partial charge is 0.250 e. The van der Waals surface area contributed by atoms with E-state index in [-0.39, 0.29) is 5.91 Å². The Morgan fingerprint density at radius 1 is 1.29 bits per heavy atom. The second-order valence-corrected chi connectivity index (χ2v) is 6.66. The lowest BCUT2D eigenvalue weighted by Crippen LogP contribution is -2.12. The van der Waals surface area contributed by atoms with E-state index in [1.165, 1.54) is 0 Å². The topological polar surface area (TPSA) is 60.9 Å². The van der Waals surface area contributed by atoms with Gasteiger partial charge in [-0.05, 0) is 19.4 Å². The molecule has 0 spiro atoms. The number of aromatic nitrogens is 2. The first-order valence-corrected chi connectivity index (χ1v) is 9.01. The Bertz CT molecular complexity index is 849. The number of unbranched alkanes of at least 4 members (excludes halogenated alkanes) is 1. The van der Waals surface area contributed by atoms with Crippen LogP contribution in [0.4, 0.5) is 0 Å². The van der Waals surface area contributed by atoms with E-state index in [4.69, 9.17) is 10.7 Å². The van der Waals surface area contributed by atoms with Gasteiger partial charge in [-0.1, -0.05) is 43.7 Å². The van der Waals surface area contributed by atoms with Gasteiger partial charge in [0.25, 0.3) is 5.91 Å². The minimum Gasteiger partial charge on any atom is -0.366 e. The van der Waals surface area contributed by atoms with Crippen molar-refractivity contribution in [1.82, 2.24) is 9.55 Å². The molecule has 0 aliphatic carbocycles. The van der Waals surface area contributed by atoms with Gasteiger partial charge in [0.1, 0.15) is 5.01 Å². The Morgan fingerprint density at radius 2 is 2.04 bits per heavy atom. The molecule has 1 amide bonds. The fraction of sp³-hybridized carbons (Fsp3) is 0.263. The van der Waals surface area contributed by atoms with Crippen LogP contribution in [0.5, 0.6) is 0 Å². The van der Waals surface area contributed by atoms with Crippen molar-refractivity contribution in [3.63, 3.8) is 0 Å². The molecule has 0 radical (unpaired) electrons. The van der Waals surface area contributed by atoms with Gasteiger partial charge in [0.2, 0.25) is 0 Å². The first-order chi connectivity index (χ1) is 11.6. The molecule has 24 heavy (non-hydrogen) atoms. The number of hydrogen-bond donors (Lipinski definition) is 1. The van der Waals surface area contributed by atoms with E-state index in [1.54, 1.807) is 11.3 Å². The largest absolute Gasteiger partial charge is 0.366 e. The fourth-order valence-electron chi connectivity index (χ4n) is 2.82. The lowest BCUT2D eigenvalue weighted by molar-refractivity contribution is 0.0999. The molecule has 0 fully saturated rings. The molecular formula is C19H21N3OS. The van der Waals surface area contributed by atoms with Gasteiger partial charge in [-0.15, -0.1) is 11.3 Å². The lowest BCUT2D eigenvalue weighted by atomic mass is 10.2. The van der Waals surface area contributed by atoms with Gasteiger partial charge in [0, 0.05) is 23.2 Å². The number of thiazole rings is 1. The highest BCUT2D eigenvalue weighted by atomic mass is 32.1. The molecule has 3 aromatic rings. The van der Waals surface area contributed by atoms with Crippen LogP contribution in [0, 0.1) is 6.92 Å². The summed E-state index contributed by atoms with van der Waals surface area (Å²) in [5.41, 5.74) is 9.99. The summed E-state index contributed by atoms with van der Waals surface area (Å²) in [7, 11) is 0. The Labute approximate surface area is 146 Å². The molecule has 0 saturated heterocycles. The predicted octanol–water partition coefficient (Wildman–Crippen LogP) is 4.49. The van der Waals surface area contributed by atoms with Gasteiger partial charge < -0.3 is 10.3 Å². The van der Waals surface area contributed by atoms with Crippen molar-refractivity contribution in [1.29, 1.82) is 0 Å². The first kappa shape index (κ1) is 16.5. The quantitative estimate of drug-likeness (QED) is 0.719. The number of carbonyl (C=O) groups excluding carboxylic acids is 1. The van der Waals surface area contributed by atoms with Crippen molar-refractivity contribution in [3.05, 3.63) is 53.0 Å². The Morgan fingerprint density at radius 3 is 2.71 bits per heavy atom. The van der Waals surface area contributed by atoms with Crippen LogP contribution in [0.15, 0.2) is 41.8 Å². The van der Waals surface area contributed by atoms with Crippen LogP contribution in [0.25, 0.3) is 22.0 Å². The van der Waals surface area contributed by atoms with Crippen molar-refractivity contribution in [2.45, 2.75) is 33.2 Å². The molecule has 2 N–H and O–H groups in total. The van der Waals surface area contributed by atoms with Gasteiger partial charge in [-0.25, -0.2) is 4.98 Å². The van der Waals surface area contributed by atoms with Gasteiger partial charge in [-0.3, -0.25) is 4.79 Å². The minimum atomic E-state index is -0.387. The molecule has 0 aliphatic rings. The predicted molar refractivity (Wildman–Crippen MR) is 99.1 cm³/mol. The van der Waals surface area contributed by atoms with Crippen LogP contribution in [-0.2, 0) is 6.54 Å². The monoisotopic (exact) mass is 339 g/mol. The van der Waals surface area contributed by atoms with Crippen molar-refractivity contribution in [2.24, 2.45) is 5.73 Å². The van der Waals surface area contributed by atoms with E-state index < -0.39 is 0 Å². The lowest BCUT2D eigenvalue weighted by Gasteiger charge is -2.09. The third-order valence-electron chi connectivity index (χ3n) is 4.15. The molecular weight excluding hydrogens is 318 g/mol. The zero-order valence-corrected chi connectivity index (χ0v) is 14.8. The van der Waals surface area contributed by atoms with E-state index in [2.05, 4.69) is 23.6 Å². The summed E-state index contributed by atoms with van der Waals surface area (Å²) >= 11 is 1.61. The Hall–Kier alpha value is -2.40. The maximum atomic E-state index is 11.7. The fourth-order valence-corrected chi connectivity index (χ4v) is 3.64. The van der Waals surface area contributed by atoms with Crippen molar-refractivity contribution >= 4 is 17.2 Å². The SMILES string of the molecule is CCCCn1c(-c2csc(-c3ccccc3)n2)cc(C(N)=O)c1C. The summed E-state index contributed by atoms with van der Waals surface area (Å²) in [6.07, 6.45) is 2.14. The third kappa shape index (κ3) is 3.12. The van der Waals surface area contributed by atoms with Gasteiger partial charge >= 0.3 is 0 Å². The van der Waals surface area contributed by atoms with E-state index in [0.717, 1.165) is 47.0 Å². The van der Waals surface area contributed by atoms with E-state index in [1.807, 2.05) is 36.6 Å². The average molecular weight is 339 g/mol. The second kappa shape index (κ2) is 7.01. The Kier molecular flexibility index (Phi) is 4.81. The van der Waals surface area contributed by atoms with Crippen molar-refractivity contribution < 1.29 is 4.79 Å². The van der Waals surface area contributed by atoms with Gasteiger partial charge in [0.05, 0.1) is 17.0 Å². The molecule has 5 heteroatoms. The minimum absolute atomic E-state index is 0.387. The van der Waals surface area contributed by atoms with Crippen LogP contribution in [0.3, 0.4) is 0 Å². The number of rotatable bonds is 6. The Balaban J connectivity index is 2.04. The third-order valence-corrected chi connectivity index (χ3v) is 5.05. The molecule has 0 atom stereocenters. The van der Waals surface area contributed by atoms with Gasteiger partial charge in [0.15, 0.2) is 0 Å². The molecule has 0 saturated carbocycles. The number of nitrogens with zero attached hydrogens (tertiary/aromatic N) is 2. The number of amides is 1. The highest BCUT2D eigenvalue weighted by Gasteiger charge is 2.18. The highest BCUT2D eigenvalue weighted by molar-refractivity contribution is 7.13. The van der Waals surface area contributed by atoms with E-state index in [9.17, 15) is 4.79 Å². The normalized spacial score (nSPS) is 10.9. The molecule has 2 heterocycles. The zero-order valence-electron chi connectivity index (χ0n) is 14.0. The van der Waals surface area contributed by atoms with E-state index >= 15 is 0 Å². The molecule has 3 rings (SSSR count). The summed E-state index contributed by atoms with van der Waals surface area (Å²) in [6, 6.07) is 12.0. The molecule has 2 aromatic heterocycles. The number of nitrogens with two attached hydrogens (primary N) is 1. The molecule has 124 valence electrons. The van der Waals surface area contributed by atoms with Crippen LogP contribution in [0.2, 0.25) is 0 Å². The number of primary amides is 1. The molecule has 0 aliphatic heterocycles. The van der Waals surface area contributed by atoms with Crippen LogP contribution in [-0.4, -0.2) is 15.5 Å². The van der Waals surface area contributed by atoms with Crippen LogP contribution < -0.4 is 5.73 Å². The summed E-state index contributed by atoms with van der Waals surface area (Å²) in [5.74, 6) is -0.387. The molecule has 0 bridgehead atoms. The van der Waals surface area contributed by atoms with Gasteiger partial charge in [-0.2, -0.15) is 0 Å². The summed E-state index contributed by atoms with van der Waals surface area (Å²) in [5, 5.41) is 3.02. The van der Waals surface area contributed by atoms with E-state index in [0.29, 0.717) is 5.56 Å². The summed E-state index contributed by atoms with van der Waals surface area (Å²) in [6.45, 7) is 4.97. The highest BCUT2D eigenvalue weighted by Crippen LogP contribution is 2.31. The maximum Gasteiger partial charge on any atom is 0.250 e. The number of hydrogen-bond acceptors (Lipinski definition) is 3. The number of carbonyl (C=O) groups is 1. The standard InChI is InChI=1S/C19H21N3OS/c1-3-4-10-22-13(2)15(18(20)23)11-17(22)16-12-24-19(21-16)14-8-6-5-7-9-14/h5-9,11-12H,3-4,10H2,1-2H3,(H2,20,23). The van der Waals surface area contributed by atoms with Crippen molar-refractivity contribution in [3.8, 4) is 22.0 Å². The molecule has 0 unspecified atom stereocenters. The maximum absolute atomic E-state index is 11.7. The first-order valence-electron chi connectivity index (χ1n) is 8.13. The number of benzene rings is 1. The molecule has 1 aromatic carbocycles. The van der Waals surface area contributed by atoms with Crippen LogP contribution in [0.1, 0.15) is 35.8 Å². The average Bonchev–Trinajstić information content (AvgIpc) is 3.19. The van der Waals surface area contributed by atoms with Crippen LogP contribution >= 0.6 is 11.3 Å². The summed E-state index contributed by atoms with van der Waals surface area (Å²) < 4.78 is 2.16. The zero-order chi connectivity index (χ0) is 17.1.